The van der Waals surface area contributed by atoms with Crippen molar-refractivity contribution >= 4 is 5.78 Å². The van der Waals surface area contributed by atoms with E-state index in [4.69, 9.17) is 0 Å². The van der Waals surface area contributed by atoms with Crippen LogP contribution in [0.3, 0.4) is 0 Å². The first kappa shape index (κ1) is 10.6. The fourth-order valence-electron chi connectivity index (χ4n) is 1.50. The summed E-state index contributed by atoms with van der Waals surface area (Å²) in [5.74, 6) is -2.49. The van der Waals surface area contributed by atoms with Crippen LogP contribution in [0.25, 0.3) is 0 Å². The molecule has 1 saturated carbocycles. The molecule has 3 heteroatoms. The first-order valence-electron chi connectivity index (χ1n) is 4.62. The van der Waals surface area contributed by atoms with Gasteiger partial charge in [0.25, 0.3) is 0 Å². The minimum atomic E-state index is -2.50. The van der Waals surface area contributed by atoms with E-state index in [0.717, 1.165) is 0 Å². The second-order valence-corrected chi connectivity index (χ2v) is 5.01. The number of hydrogen-bond donors (Lipinski definition) is 0. The van der Waals surface area contributed by atoms with Gasteiger partial charge in [0, 0.05) is 24.7 Å². The molecule has 1 rings (SSSR count). The smallest absolute Gasteiger partial charge is 0.248 e. The predicted octanol–water partition coefficient (Wildman–Crippen LogP) is 3.04. The molecule has 0 aliphatic heterocycles. The second kappa shape index (κ2) is 3.03. The van der Waals surface area contributed by atoms with Gasteiger partial charge in [-0.1, -0.05) is 20.8 Å². The highest BCUT2D eigenvalue weighted by Gasteiger charge is 2.46. The zero-order chi connectivity index (χ0) is 10.3. The van der Waals surface area contributed by atoms with Crippen LogP contribution in [0.15, 0.2) is 0 Å². The average Bonchev–Trinajstić information content (AvgIpc) is 1.80. The van der Waals surface area contributed by atoms with Crippen LogP contribution in [0.4, 0.5) is 8.78 Å². The summed E-state index contributed by atoms with van der Waals surface area (Å²) in [5.41, 5.74) is -0.384. The van der Waals surface area contributed by atoms with Gasteiger partial charge in [0.1, 0.15) is 5.78 Å². The number of alkyl halides is 2. The van der Waals surface area contributed by atoms with Crippen LogP contribution in [0.2, 0.25) is 0 Å². The van der Waals surface area contributed by atoms with Gasteiger partial charge in [0.15, 0.2) is 0 Å². The topological polar surface area (TPSA) is 17.1 Å². The molecule has 0 spiro atoms. The first-order valence-corrected chi connectivity index (χ1v) is 4.62. The summed E-state index contributed by atoms with van der Waals surface area (Å²) in [6.45, 7) is 5.48. The van der Waals surface area contributed by atoms with Gasteiger partial charge in [0.05, 0.1) is 0 Å². The molecule has 0 aromatic rings. The Kier molecular flexibility index (Phi) is 2.48. The highest BCUT2D eigenvalue weighted by molar-refractivity contribution is 5.83. The summed E-state index contributed by atoms with van der Waals surface area (Å²) >= 11 is 0. The van der Waals surface area contributed by atoms with Crippen molar-refractivity contribution < 1.29 is 13.6 Å². The number of carbonyl (C=O) groups is 1. The molecule has 0 unspecified atom stereocenters. The highest BCUT2D eigenvalue weighted by atomic mass is 19.3. The van der Waals surface area contributed by atoms with Gasteiger partial charge in [-0.25, -0.2) is 8.78 Å². The van der Waals surface area contributed by atoms with Crippen LogP contribution in [0, 0.1) is 11.3 Å². The van der Waals surface area contributed by atoms with Gasteiger partial charge >= 0.3 is 0 Å². The molecule has 76 valence electrons. The van der Waals surface area contributed by atoms with Gasteiger partial charge in [-0.15, -0.1) is 0 Å². The van der Waals surface area contributed by atoms with E-state index >= 15 is 0 Å². The van der Waals surface area contributed by atoms with E-state index in [2.05, 4.69) is 0 Å². The van der Waals surface area contributed by atoms with E-state index in [1.54, 1.807) is 0 Å². The SMILES string of the molecule is CC(C)(C)C(=O)CC1CC(F)(F)C1. The standard InChI is InChI=1S/C10H16F2O/c1-9(2,3)8(13)4-7-5-10(11,12)6-7/h7H,4-6H2,1-3H3. The number of carbonyl (C=O) groups excluding carboxylic acids is 1. The van der Waals surface area contributed by atoms with Crippen LogP contribution >= 0.6 is 0 Å². The number of Topliss-reactive ketones (excluding diaryl/α,β-unsaturated/α-hetero) is 1. The summed E-state index contributed by atoms with van der Waals surface area (Å²) < 4.78 is 24.8. The largest absolute Gasteiger partial charge is 0.299 e. The Labute approximate surface area is 77.5 Å². The molecule has 0 N–H and O–H groups in total. The van der Waals surface area contributed by atoms with Gasteiger partial charge in [-0.3, -0.25) is 4.79 Å². The summed E-state index contributed by atoms with van der Waals surface area (Å²) in [6, 6.07) is 0. The zero-order valence-corrected chi connectivity index (χ0v) is 8.36. The Hall–Kier alpha value is -0.470. The summed E-state index contributed by atoms with van der Waals surface area (Å²) in [4.78, 5) is 11.4. The number of rotatable bonds is 2. The van der Waals surface area contributed by atoms with E-state index < -0.39 is 5.92 Å². The quantitative estimate of drug-likeness (QED) is 0.654. The molecule has 1 aliphatic rings. The second-order valence-electron chi connectivity index (χ2n) is 5.01. The maximum Gasteiger partial charge on any atom is 0.248 e. The summed E-state index contributed by atoms with van der Waals surface area (Å²) in [7, 11) is 0. The van der Waals surface area contributed by atoms with Crippen molar-refractivity contribution in [3.05, 3.63) is 0 Å². The van der Waals surface area contributed by atoms with E-state index in [9.17, 15) is 13.6 Å². The van der Waals surface area contributed by atoms with Gasteiger partial charge in [-0.05, 0) is 5.92 Å². The fraction of sp³-hybridized carbons (Fsp3) is 0.900. The minimum absolute atomic E-state index is 0.0817. The third kappa shape index (κ3) is 2.75. The highest BCUT2D eigenvalue weighted by Crippen LogP contribution is 2.44. The fourth-order valence-corrected chi connectivity index (χ4v) is 1.50. The molecule has 0 aromatic carbocycles. The Morgan fingerprint density at radius 1 is 1.38 bits per heavy atom. The Bertz CT molecular complexity index is 207. The molecule has 0 atom stereocenters. The van der Waals surface area contributed by atoms with Crippen LogP contribution in [0.5, 0.6) is 0 Å². The van der Waals surface area contributed by atoms with Crippen molar-refractivity contribution in [1.82, 2.24) is 0 Å². The van der Waals surface area contributed by atoms with Crippen LogP contribution in [-0.2, 0) is 4.79 Å². The molecule has 0 heterocycles. The Morgan fingerprint density at radius 2 is 1.85 bits per heavy atom. The predicted molar refractivity (Wildman–Crippen MR) is 46.8 cm³/mol. The normalized spacial score (nSPS) is 22.5. The van der Waals surface area contributed by atoms with Crippen molar-refractivity contribution in [2.24, 2.45) is 11.3 Å². The van der Waals surface area contributed by atoms with E-state index in [0.29, 0.717) is 6.42 Å². The Morgan fingerprint density at radius 3 is 2.15 bits per heavy atom. The molecule has 1 nitrogen and oxygen atoms in total. The van der Waals surface area contributed by atoms with Crippen molar-refractivity contribution in [3.63, 3.8) is 0 Å². The number of halogens is 2. The lowest BCUT2D eigenvalue weighted by molar-refractivity contribution is -0.137. The van der Waals surface area contributed by atoms with Crippen LogP contribution in [0.1, 0.15) is 40.0 Å². The molecule has 0 aromatic heterocycles. The van der Waals surface area contributed by atoms with Gasteiger partial charge in [-0.2, -0.15) is 0 Å². The monoisotopic (exact) mass is 190 g/mol. The molecular formula is C10H16F2O. The molecule has 1 aliphatic carbocycles. The summed E-state index contributed by atoms with van der Waals surface area (Å²) in [6.07, 6.45) is 0.114. The third-order valence-corrected chi connectivity index (χ3v) is 2.49. The third-order valence-electron chi connectivity index (χ3n) is 2.49. The van der Waals surface area contributed by atoms with Crippen molar-refractivity contribution in [1.29, 1.82) is 0 Å². The molecule has 13 heavy (non-hydrogen) atoms. The molecule has 0 bridgehead atoms. The Balaban J connectivity index is 2.33. The summed E-state index contributed by atoms with van der Waals surface area (Å²) in [5, 5.41) is 0. The van der Waals surface area contributed by atoms with E-state index in [1.807, 2.05) is 20.8 Å². The van der Waals surface area contributed by atoms with Crippen molar-refractivity contribution in [2.75, 3.05) is 0 Å². The lowest BCUT2D eigenvalue weighted by atomic mass is 9.74. The number of ketones is 1. The molecule has 0 radical (unpaired) electrons. The van der Waals surface area contributed by atoms with E-state index in [-0.39, 0.29) is 30.0 Å². The molecule has 0 amide bonds. The maximum absolute atomic E-state index is 12.4. The maximum atomic E-state index is 12.4. The van der Waals surface area contributed by atoms with Crippen LogP contribution < -0.4 is 0 Å². The van der Waals surface area contributed by atoms with Crippen molar-refractivity contribution in [2.45, 2.75) is 46.0 Å². The lowest BCUT2D eigenvalue weighted by Gasteiger charge is -2.35. The zero-order valence-electron chi connectivity index (χ0n) is 8.36. The lowest BCUT2D eigenvalue weighted by Crippen LogP contribution is -2.38. The van der Waals surface area contributed by atoms with Gasteiger partial charge in [0.2, 0.25) is 5.92 Å². The molecule has 1 fully saturated rings. The van der Waals surface area contributed by atoms with Gasteiger partial charge < -0.3 is 0 Å². The molecule has 0 saturated heterocycles. The van der Waals surface area contributed by atoms with Crippen molar-refractivity contribution in [3.8, 4) is 0 Å². The average molecular weight is 190 g/mol. The first-order chi connectivity index (χ1) is 5.71. The minimum Gasteiger partial charge on any atom is -0.299 e. The number of hydrogen-bond acceptors (Lipinski definition) is 1. The van der Waals surface area contributed by atoms with E-state index in [1.165, 1.54) is 0 Å². The molecular weight excluding hydrogens is 174 g/mol. The van der Waals surface area contributed by atoms with Crippen LogP contribution in [-0.4, -0.2) is 11.7 Å².